The van der Waals surface area contributed by atoms with Crippen molar-refractivity contribution >= 4 is 109 Å². The van der Waals surface area contributed by atoms with E-state index in [0.717, 1.165) is 25.7 Å². The molecule has 0 fully saturated rings. The van der Waals surface area contributed by atoms with E-state index < -0.39 is 0 Å². The number of hydrogen-bond donors (Lipinski definition) is 0. The molecule has 22 aromatic carbocycles. The van der Waals surface area contributed by atoms with E-state index in [4.69, 9.17) is 0 Å². The molecule has 698 valence electrons. The molecule has 0 saturated carbocycles. The molecule has 0 aliphatic heterocycles. The summed E-state index contributed by atoms with van der Waals surface area (Å²) in [6, 6.07) is 122. The highest BCUT2D eigenvalue weighted by atomic mass is 14.3. The molecule has 0 unspecified atom stereocenters. The minimum Gasteiger partial charge on any atom is -0.0683 e. The van der Waals surface area contributed by atoms with Gasteiger partial charge in [-0.05, 0) is 430 Å². The SMILES string of the molecule is CC1=Cc2cc(C)ccc2C1.CC1=Cc2ccc(C)cc2C1.Cc1cc2c3c(c1)CCc1cc(C)cc(c1-3)CC2.Cc1cc2ccc3cc(C)cc4ccc(c1)c2c34.Cc1ccc2c(c1)-c1cc(C)ccc1C2.Cc1ccc2c(c1)CCc1cc(C)ccc1-2.Cc1ccc2c(c1)Cc1cc(C)ccc1-2.Cc1ccc2c(ccc3cc(C)ccc32)c1.Cc1ccc2c3cccc4c(C)ccc(c5cccc1c52)c43. The van der Waals surface area contributed by atoms with Crippen LogP contribution in [0, 0.1) is 111 Å². The lowest BCUT2D eigenvalue weighted by Crippen LogP contribution is -2.14. The van der Waals surface area contributed by atoms with E-state index in [9.17, 15) is 0 Å². The van der Waals surface area contributed by atoms with Crippen molar-refractivity contribution in [3.8, 4) is 44.5 Å². The van der Waals surface area contributed by atoms with E-state index in [-0.39, 0.29) is 0 Å². The van der Waals surface area contributed by atoms with Crippen LogP contribution in [0.3, 0.4) is 0 Å². The molecule has 22 aromatic rings. The topological polar surface area (TPSA) is 0 Å². The molecule has 7 aliphatic rings. The van der Waals surface area contributed by atoms with E-state index in [2.05, 4.69) is 464 Å². The Bertz CT molecular complexity index is 8260. The normalized spacial score (nSPS) is 12.9. The summed E-state index contributed by atoms with van der Waals surface area (Å²) >= 11 is 0. The lowest BCUT2D eigenvalue weighted by atomic mass is 9.74. The first kappa shape index (κ1) is 93.5. The van der Waals surface area contributed by atoms with Crippen molar-refractivity contribution in [2.75, 3.05) is 0 Å². The number of fused-ring (bicyclic) bond motifs is 16. The Balaban J connectivity index is 0.0000000951. The van der Waals surface area contributed by atoms with E-state index in [0.29, 0.717) is 0 Å². The summed E-state index contributed by atoms with van der Waals surface area (Å²) in [5, 5.41) is 24.7. The van der Waals surface area contributed by atoms with E-state index in [1.54, 1.807) is 33.4 Å². The zero-order valence-electron chi connectivity index (χ0n) is 86.4. The van der Waals surface area contributed by atoms with Crippen LogP contribution in [0.5, 0.6) is 0 Å². The van der Waals surface area contributed by atoms with Gasteiger partial charge in [0.15, 0.2) is 0 Å². The van der Waals surface area contributed by atoms with Gasteiger partial charge in [0.1, 0.15) is 0 Å². The van der Waals surface area contributed by atoms with Crippen LogP contribution in [0.4, 0.5) is 0 Å². The fraction of sp³-hybridized carbons (Fsp3) is 0.197. The second kappa shape index (κ2) is 39.0. The number of allylic oxidation sites excluding steroid dienone is 2. The third-order valence-corrected chi connectivity index (χ3v) is 30.7. The van der Waals surface area contributed by atoms with Gasteiger partial charge in [-0.1, -0.05) is 418 Å². The number of benzene rings is 22. The molecular formula is C142H130. The van der Waals surface area contributed by atoms with Gasteiger partial charge in [0.25, 0.3) is 0 Å². The van der Waals surface area contributed by atoms with Crippen LogP contribution in [0.2, 0.25) is 0 Å². The van der Waals surface area contributed by atoms with Crippen LogP contribution in [0.1, 0.15) is 181 Å². The minimum absolute atomic E-state index is 1.10. The van der Waals surface area contributed by atoms with Crippen molar-refractivity contribution in [3.63, 3.8) is 0 Å². The monoisotopic (exact) mass is 1840 g/mol. The van der Waals surface area contributed by atoms with Crippen molar-refractivity contribution in [1.29, 1.82) is 0 Å². The zero-order chi connectivity index (χ0) is 98.2. The molecule has 7 aliphatic carbocycles. The lowest BCUT2D eigenvalue weighted by molar-refractivity contribution is 0.871. The molecule has 0 N–H and O–H groups in total. The summed E-state index contributed by atoms with van der Waals surface area (Å²) in [5.41, 5.74) is 57.5. The molecule has 29 rings (SSSR count). The molecule has 0 radical (unpaired) electrons. The summed E-state index contributed by atoms with van der Waals surface area (Å²) < 4.78 is 0. The Morgan fingerprint density at radius 3 is 0.845 bits per heavy atom. The maximum absolute atomic E-state index is 2.40. The second-order valence-corrected chi connectivity index (χ2v) is 42.6. The Morgan fingerprint density at radius 2 is 0.423 bits per heavy atom. The van der Waals surface area contributed by atoms with Crippen molar-refractivity contribution in [2.45, 2.75) is 189 Å². The van der Waals surface area contributed by atoms with Gasteiger partial charge < -0.3 is 0 Å². The van der Waals surface area contributed by atoms with Gasteiger partial charge in [-0.2, -0.15) is 0 Å². The van der Waals surface area contributed by atoms with Crippen molar-refractivity contribution in [3.05, 3.63) is 506 Å². The molecule has 0 heteroatoms. The van der Waals surface area contributed by atoms with E-state index in [1.165, 1.54) is 325 Å². The largest absolute Gasteiger partial charge is 0.0683 e. The van der Waals surface area contributed by atoms with Gasteiger partial charge >= 0.3 is 0 Å². The molecule has 0 nitrogen and oxygen atoms in total. The highest BCUT2D eigenvalue weighted by Crippen LogP contribution is 2.48. The molecule has 0 saturated heterocycles. The molecule has 0 bridgehead atoms. The highest BCUT2D eigenvalue weighted by molar-refractivity contribution is 6.33. The summed E-state index contributed by atoms with van der Waals surface area (Å²) in [6.45, 7) is 39.1. The molecule has 0 amide bonds. The first-order valence-electron chi connectivity index (χ1n) is 51.6. The fourth-order valence-corrected chi connectivity index (χ4v) is 24.1. The van der Waals surface area contributed by atoms with Crippen LogP contribution < -0.4 is 0 Å². The average Bonchev–Trinajstić information content (AvgIpc) is 1.10. The summed E-state index contributed by atoms with van der Waals surface area (Å²) in [6.07, 6.45) is 16.3. The highest BCUT2D eigenvalue weighted by Gasteiger charge is 2.28. The van der Waals surface area contributed by atoms with Crippen molar-refractivity contribution in [2.24, 2.45) is 0 Å². The number of aryl methyl sites for hydroxylation is 22. The first-order valence-corrected chi connectivity index (χ1v) is 51.6. The Hall–Kier alpha value is -14.8. The molecule has 0 spiro atoms. The van der Waals surface area contributed by atoms with Gasteiger partial charge in [0.05, 0.1) is 0 Å². The van der Waals surface area contributed by atoms with Gasteiger partial charge in [0.2, 0.25) is 0 Å². The lowest BCUT2D eigenvalue weighted by Gasteiger charge is -2.30. The molecular weight excluding hydrogens is 1710 g/mol. The van der Waals surface area contributed by atoms with Crippen LogP contribution in [-0.2, 0) is 64.2 Å². The molecule has 0 heterocycles. The smallest absolute Gasteiger partial charge is 0.00133 e. The van der Waals surface area contributed by atoms with E-state index in [1.807, 2.05) is 0 Å². The molecule has 0 aromatic heterocycles. The quantitative estimate of drug-likeness (QED) is 0.105. The van der Waals surface area contributed by atoms with Crippen LogP contribution in [-0.4, -0.2) is 0 Å². The summed E-state index contributed by atoms with van der Waals surface area (Å²) in [4.78, 5) is 0. The Kier molecular flexibility index (Phi) is 25.7. The Morgan fingerprint density at radius 1 is 0.148 bits per heavy atom. The Labute approximate surface area is 842 Å². The number of rotatable bonds is 0. The summed E-state index contributed by atoms with van der Waals surface area (Å²) in [7, 11) is 0. The van der Waals surface area contributed by atoms with Crippen LogP contribution in [0.25, 0.3) is 154 Å². The van der Waals surface area contributed by atoms with Crippen LogP contribution in [0.15, 0.2) is 339 Å². The third-order valence-electron chi connectivity index (χ3n) is 30.7. The van der Waals surface area contributed by atoms with Crippen LogP contribution >= 0.6 is 0 Å². The average molecular weight is 1840 g/mol. The van der Waals surface area contributed by atoms with Crippen molar-refractivity contribution in [1.82, 2.24) is 0 Å². The third kappa shape index (κ3) is 18.9. The predicted octanol–water partition coefficient (Wildman–Crippen LogP) is 38.1. The molecule has 142 heavy (non-hydrogen) atoms. The second-order valence-electron chi connectivity index (χ2n) is 42.6. The number of hydrogen-bond acceptors (Lipinski definition) is 0. The first-order chi connectivity index (χ1) is 68.7. The van der Waals surface area contributed by atoms with Crippen molar-refractivity contribution < 1.29 is 0 Å². The van der Waals surface area contributed by atoms with Gasteiger partial charge in [-0.15, -0.1) is 0 Å². The van der Waals surface area contributed by atoms with Gasteiger partial charge in [-0.25, -0.2) is 0 Å². The molecule has 0 atom stereocenters. The maximum atomic E-state index is 2.40. The fourth-order valence-electron chi connectivity index (χ4n) is 24.1. The maximum Gasteiger partial charge on any atom is -0.00133 e. The van der Waals surface area contributed by atoms with Gasteiger partial charge in [-0.3, -0.25) is 0 Å². The summed E-state index contributed by atoms with van der Waals surface area (Å²) in [5.74, 6) is 0. The standard InChI is InChI=1S/C22H16.C18H18.C18H14.C16H16.C16H14.2C15H14.2C11H12/c1-13-9-11-19-18-8-4-6-16-14(2)10-12-20(22(16)18)17-7-3-5-15(13)21(17)19;2*1-11-7-13-3-5-15-9-12(2)10-16-6-4-14(8-11)17(13)18(15)16;2*1-11-3-7-15-13(9-11)5-6-14-10-12(2)4-8-16(14)15;1-10-3-5-14-12(7-10)9-13-8-11(2)4-6-15(13)14;1-10-3-5-12-9-13-6-4-11(2)8-15(13)14(12)7-10;2*1-8-3-4-10-6-9(2)7-11(10)5-8/h3-12H,1-2H3;7-10H,3-6H2,1-2H3;3-10H,1-2H3;3-4,7-10H,5-6H2,1-2H3;3-10H,1-2H3;2*3-8H,9H2,1-2H3;3-5,7H,6H2,1-2H3;3-6H,7H2,1-2H3. The zero-order valence-corrected chi connectivity index (χ0v) is 86.4. The van der Waals surface area contributed by atoms with E-state index >= 15 is 0 Å². The minimum atomic E-state index is 1.10. The predicted molar refractivity (Wildman–Crippen MR) is 618 cm³/mol. The van der Waals surface area contributed by atoms with Gasteiger partial charge in [0, 0.05) is 0 Å².